The van der Waals surface area contributed by atoms with Gasteiger partial charge in [-0.05, 0) is 69.4 Å². The van der Waals surface area contributed by atoms with Crippen LogP contribution in [0.4, 0.5) is 23.2 Å². The van der Waals surface area contributed by atoms with Gasteiger partial charge >= 0.3 is 6.18 Å². The fraction of sp³-hybridized carbons (Fsp3) is 0.333. The van der Waals surface area contributed by atoms with Gasteiger partial charge in [-0.1, -0.05) is 0 Å². The lowest BCUT2D eigenvalue weighted by Gasteiger charge is -2.31. The van der Waals surface area contributed by atoms with Crippen molar-refractivity contribution >= 4 is 26.4 Å². The van der Waals surface area contributed by atoms with E-state index in [1.807, 2.05) is 7.05 Å². The molecule has 2 heterocycles. The zero-order valence-electron chi connectivity index (χ0n) is 16.6. The van der Waals surface area contributed by atoms with E-state index in [1.54, 1.807) is 0 Å². The summed E-state index contributed by atoms with van der Waals surface area (Å²) in [7, 11) is -2.20. The predicted molar refractivity (Wildman–Crippen MR) is 109 cm³/mol. The molecule has 10 heteroatoms. The maximum absolute atomic E-state index is 13.6. The molecule has 0 radical (unpaired) electrons. The smallest absolute Gasteiger partial charge is 0.382 e. The lowest BCUT2D eigenvalue weighted by Crippen LogP contribution is -2.37. The Hall–Kier alpha value is -2.59. The summed E-state index contributed by atoms with van der Waals surface area (Å²) < 4.78 is 80.6. The van der Waals surface area contributed by atoms with Gasteiger partial charge in [0.1, 0.15) is 5.82 Å². The number of likely N-dealkylation sites (tertiary alicyclic amines) is 1. The highest BCUT2D eigenvalue weighted by molar-refractivity contribution is 7.91. The summed E-state index contributed by atoms with van der Waals surface area (Å²) in [6, 6.07) is 6.22. The molecule has 0 amide bonds. The second kappa shape index (κ2) is 7.83. The molecule has 2 N–H and O–H groups in total. The molecule has 31 heavy (non-hydrogen) atoms. The van der Waals surface area contributed by atoms with Crippen LogP contribution in [0, 0.1) is 5.82 Å². The quantitative estimate of drug-likeness (QED) is 0.562. The van der Waals surface area contributed by atoms with E-state index in [2.05, 4.69) is 15.2 Å². The molecule has 1 aliphatic heterocycles. The van der Waals surface area contributed by atoms with Crippen molar-refractivity contribution in [3.8, 4) is 0 Å². The number of fused-ring (bicyclic) bond motifs is 1. The number of halogens is 4. The first-order chi connectivity index (χ1) is 14.6. The van der Waals surface area contributed by atoms with E-state index in [1.165, 1.54) is 12.3 Å². The maximum Gasteiger partial charge on any atom is 0.418 e. The van der Waals surface area contributed by atoms with Gasteiger partial charge in [0.05, 0.1) is 15.4 Å². The summed E-state index contributed by atoms with van der Waals surface area (Å²) in [4.78, 5) is 4.41. The van der Waals surface area contributed by atoms with Gasteiger partial charge in [0.25, 0.3) is 0 Å². The Morgan fingerprint density at radius 1 is 1.10 bits per heavy atom. The zero-order chi connectivity index (χ0) is 22.4. The third kappa shape index (κ3) is 4.27. The number of aromatic nitrogens is 1. The monoisotopic (exact) mass is 455 g/mol. The molecule has 0 bridgehead atoms. The molecule has 0 aliphatic carbocycles. The van der Waals surface area contributed by atoms with Crippen LogP contribution in [0.1, 0.15) is 18.4 Å². The van der Waals surface area contributed by atoms with Crippen LogP contribution < -0.4 is 5.32 Å². The molecule has 1 aromatic heterocycles. The predicted octanol–water partition coefficient (Wildman–Crippen LogP) is 4.66. The third-order valence-electron chi connectivity index (χ3n) is 5.58. The minimum absolute atomic E-state index is 0.118. The summed E-state index contributed by atoms with van der Waals surface area (Å²) in [5.41, 5.74) is -0.879. The van der Waals surface area contributed by atoms with E-state index < -0.39 is 27.4 Å². The number of anilines is 1. The Bertz CT molecular complexity index is 1210. The number of aromatic amines is 1. The van der Waals surface area contributed by atoms with Crippen molar-refractivity contribution in [2.75, 3.05) is 25.5 Å². The van der Waals surface area contributed by atoms with E-state index in [9.17, 15) is 26.0 Å². The van der Waals surface area contributed by atoms with E-state index in [0.29, 0.717) is 12.8 Å². The Morgan fingerprint density at radius 2 is 1.81 bits per heavy atom. The number of benzene rings is 2. The fourth-order valence-electron chi connectivity index (χ4n) is 3.85. The second-order valence-corrected chi connectivity index (χ2v) is 9.69. The third-order valence-corrected chi connectivity index (χ3v) is 7.37. The SMILES string of the molecule is CN1CCC(Nc2cc(S(=O)(=O)c3c[nH]c4cc(F)ccc34)ccc2C(F)(F)F)CC1. The van der Waals surface area contributed by atoms with Gasteiger partial charge in [0, 0.05) is 28.8 Å². The Kier molecular flexibility index (Phi) is 5.47. The van der Waals surface area contributed by atoms with Crippen molar-refractivity contribution in [1.29, 1.82) is 0 Å². The van der Waals surface area contributed by atoms with Gasteiger partial charge < -0.3 is 15.2 Å². The van der Waals surface area contributed by atoms with E-state index in [-0.39, 0.29) is 32.4 Å². The summed E-state index contributed by atoms with van der Waals surface area (Å²) in [5.74, 6) is -0.530. The molecule has 2 aromatic carbocycles. The van der Waals surface area contributed by atoms with Crippen LogP contribution in [0.15, 0.2) is 52.4 Å². The van der Waals surface area contributed by atoms with Crippen LogP contribution in [0.3, 0.4) is 0 Å². The number of nitrogens with zero attached hydrogens (tertiary/aromatic N) is 1. The molecular formula is C21H21F4N3O2S. The molecule has 0 unspecified atom stereocenters. The van der Waals surface area contributed by atoms with Crippen LogP contribution in [0.25, 0.3) is 10.9 Å². The van der Waals surface area contributed by atoms with E-state index >= 15 is 0 Å². The second-order valence-electron chi connectivity index (χ2n) is 7.77. The first-order valence-electron chi connectivity index (χ1n) is 9.74. The van der Waals surface area contributed by atoms with Gasteiger partial charge in [-0.25, -0.2) is 12.8 Å². The summed E-state index contributed by atoms with van der Waals surface area (Å²) in [5, 5.41) is 3.18. The average Bonchev–Trinajstić information content (AvgIpc) is 3.12. The minimum atomic E-state index is -4.63. The molecule has 1 aliphatic rings. The number of rotatable bonds is 4. The van der Waals surface area contributed by atoms with Crippen molar-refractivity contribution in [2.24, 2.45) is 0 Å². The van der Waals surface area contributed by atoms with Crippen molar-refractivity contribution in [3.05, 3.63) is 54.0 Å². The number of hydrogen-bond acceptors (Lipinski definition) is 4. The van der Waals surface area contributed by atoms with Crippen LogP contribution >= 0.6 is 0 Å². The molecular weight excluding hydrogens is 434 g/mol. The first kappa shape index (κ1) is 21.6. The lowest BCUT2D eigenvalue weighted by molar-refractivity contribution is -0.137. The normalized spacial score (nSPS) is 16.7. The van der Waals surface area contributed by atoms with E-state index in [4.69, 9.17) is 0 Å². The van der Waals surface area contributed by atoms with Gasteiger partial charge in [0.15, 0.2) is 0 Å². The van der Waals surface area contributed by atoms with Crippen molar-refractivity contribution < 1.29 is 26.0 Å². The van der Waals surface area contributed by atoms with Crippen LogP contribution in [-0.2, 0) is 16.0 Å². The largest absolute Gasteiger partial charge is 0.418 e. The molecule has 0 spiro atoms. The van der Waals surface area contributed by atoms with Gasteiger partial charge in [-0.3, -0.25) is 0 Å². The number of sulfone groups is 1. The van der Waals surface area contributed by atoms with Crippen LogP contribution in [-0.4, -0.2) is 44.5 Å². The fourth-order valence-corrected chi connectivity index (χ4v) is 5.31. The molecule has 3 aromatic rings. The molecule has 1 saturated heterocycles. The zero-order valence-corrected chi connectivity index (χ0v) is 17.4. The van der Waals surface area contributed by atoms with Gasteiger partial charge in [-0.15, -0.1) is 0 Å². The highest BCUT2D eigenvalue weighted by atomic mass is 32.2. The molecule has 4 rings (SSSR count). The molecule has 1 fully saturated rings. The van der Waals surface area contributed by atoms with Crippen LogP contribution in [0.5, 0.6) is 0 Å². The number of nitrogens with one attached hydrogen (secondary N) is 2. The number of piperidine rings is 1. The maximum atomic E-state index is 13.6. The highest BCUT2D eigenvalue weighted by Gasteiger charge is 2.35. The molecule has 5 nitrogen and oxygen atoms in total. The molecule has 166 valence electrons. The average molecular weight is 455 g/mol. The Labute approximate surface area is 177 Å². The molecule has 0 saturated carbocycles. The van der Waals surface area contributed by atoms with Crippen molar-refractivity contribution in [3.63, 3.8) is 0 Å². The number of hydrogen-bond donors (Lipinski definition) is 2. The lowest BCUT2D eigenvalue weighted by atomic mass is 10.0. The first-order valence-corrected chi connectivity index (χ1v) is 11.2. The highest BCUT2D eigenvalue weighted by Crippen LogP contribution is 2.38. The Morgan fingerprint density at radius 3 is 2.48 bits per heavy atom. The standard InChI is InChI=1S/C21H21F4N3O2S/c1-28-8-6-14(7-9-28)27-19-11-15(3-5-17(19)21(23,24)25)31(29,30)20-12-26-18-10-13(22)2-4-16(18)20/h2-5,10-12,14,26-27H,6-9H2,1H3. The topological polar surface area (TPSA) is 65.2 Å². The minimum Gasteiger partial charge on any atom is -0.382 e. The number of alkyl halides is 3. The summed E-state index contributed by atoms with van der Waals surface area (Å²) >= 11 is 0. The van der Waals surface area contributed by atoms with Crippen LogP contribution in [0.2, 0.25) is 0 Å². The summed E-state index contributed by atoms with van der Waals surface area (Å²) in [6.45, 7) is 1.48. The van der Waals surface area contributed by atoms with Crippen molar-refractivity contribution in [2.45, 2.75) is 34.9 Å². The summed E-state index contributed by atoms with van der Waals surface area (Å²) in [6.07, 6.45) is -2.10. The Balaban J connectivity index is 1.75. The van der Waals surface area contributed by atoms with Crippen molar-refractivity contribution in [1.82, 2.24) is 9.88 Å². The van der Waals surface area contributed by atoms with Gasteiger partial charge in [-0.2, -0.15) is 13.2 Å². The molecule has 0 atom stereocenters. The number of H-pyrrole nitrogens is 1. The van der Waals surface area contributed by atoms with E-state index in [0.717, 1.165) is 43.4 Å². The van der Waals surface area contributed by atoms with Gasteiger partial charge in [0.2, 0.25) is 9.84 Å².